The minimum Gasteiger partial charge on any atom is -0.497 e. The number of carbonyl (C=O) groups is 3. The molecule has 0 unspecified atom stereocenters. The molecule has 0 fully saturated rings. The first-order valence-corrected chi connectivity index (χ1v) is 10.2. The van der Waals surface area contributed by atoms with Gasteiger partial charge in [0.1, 0.15) is 11.5 Å². The highest BCUT2D eigenvalue weighted by Gasteiger charge is 2.22. The van der Waals surface area contributed by atoms with Crippen LogP contribution in [-0.4, -0.2) is 52.8 Å². The van der Waals surface area contributed by atoms with Crippen molar-refractivity contribution in [1.82, 2.24) is 0 Å². The molecule has 2 aromatic carbocycles. The molecule has 35 heavy (non-hydrogen) atoms. The second-order valence-corrected chi connectivity index (χ2v) is 6.91. The summed E-state index contributed by atoms with van der Waals surface area (Å²) in [7, 11) is 5.76. The number of nitrogens with one attached hydrogen (secondary N) is 2. The lowest BCUT2D eigenvalue weighted by Crippen LogP contribution is -2.22. The Morgan fingerprint density at radius 1 is 0.829 bits per heavy atom. The van der Waals surface area contributed by atoms with Crippen molar-refractivity contribution >= 4 is 29.2 Å². The van der Waals surface area contributed by atoms with E-state index >= 15 is 0 Å². The van der Waals surface area contributed by atoms with Crippen molar-refractivity contribution in [3.8, 4) is 23.0 Å². The Labute approximate surface area is 200 Å². The summed E-state index contributed by atoms with van der Waals surface area (Å²) in [5, 5.41) is 5.18. The SMILES string of the molecule is COc1cc(NC(=O)COC(=O)c2cc(OC)c(OC)cc2NC(=O)c2ccco2)cc(OC)c1. The van der Waals surface area contributed by atoms with Gasteiger partial charge in [0.25, 0.3) is 11.8 Å². The molecule has 11 heteroatoms. The molecule has 0 aliphatic rings. The van der Waals surface area contributed by atoms with E-state index in [0.717, 1.165) is 0 Å². The van der Waals surface area contributed by atoms with Gasteiger partial charge in [0.05, 0.1) is 46.0 Å². The number of amides is 2. The lowest BCUT2D eigenvalue weighted by molar-refractivity contribution is -0.119. The molecular weight excluding hydrogens is 460 g/mol. The molecule has 11 nitrogen and oxygen atoms in total. The van der Waals surface area contributed by atoms with Gasteiger partial charge in [-0.3, -0.25) is 9.59 Å². The minimum absolute atomic E-state index is 0.0344. The number of ether oxygens (including phenoxy) is 5. The zero-order valence-corrected chi connectivity index (χ0v) is 19.5. The highest BCUT2D eigenvalue weighted by molar-refractivity contribution is 6.07. The lowest BCUT2D eigenvalue weighted by Gasteiger charge is -2.15. The van der Waals surface area contributed by atoms with E-state index in [1.54, 1.807) is 24.3 Å². The zero-order chi connectivity index (χ0) is 25.4. The Hall–Kier alpha value is -4.67. The van der Waals surface area contributed by atoms with Crippen molar-refractivity contribution < 1.29 is 42.5 Å². The maximum absolute atomic E-state index is 12.8. The first-order valence-electron chi connectivity index (χ1n) is 10.2. The molecule has 0 aliphatic carbocycles. The number of carbonyl (C=O) groups excluding carboxylic acids is 3. The van der Waals surface area contributed by atoms with E-state index < -0.39 is 24.4 Å². The molecule has 0 atom stereocenters. The smallest absolute Gasteiger partial charge is 0.340 e. The number of methoxy groups -OCH3 is 4. The monoisotopic (exact) mass is 484 g/mol. The summed E-state index contributed by atoms with van der Waals surface area (Å²) >= 11 is 0. The largest absolute Gasteiger partial charge is 0.497 e. The summed E-state index contributed by atoms with van der Waals surface area (Å²) in [5.41, 5.74) is 0.408. The van der Waals surface area contributed by atoms with Crippen molar-refractivity contribution in [2.45, 2.75) is 0 Å². The van der Waals surface area contributed by atoms with Crippen LogP contribution < -0.4 is 29.6 Å². The van der Waals surface area contributed by atoms with Gasteiger partial charge in [-0.05, 0) is 12.1 Å². The minimum atomic E-state index is -0.876. The van der Waals surface area contributed by atoms with Gasteiger partial charge in [-0.15, -0.1) is 0 Å². The standard InChI is InChI=1S/C24H24N2O9/c1-30-15-8-14(9-16(10-15)31-2)25-22(27)13-35-24(29)17-11-20(32-3)21(33-4)12-18(17)26-23(28)19-6-5-7-34-19/h5-12H,13H2,1-4H3,(H,25,27)(H,26,28). The normalized spacial score (nSPS) is 10.2. The van der Waals surface area contributed by atoms with Crippen LogP contribution in [0.15, 0.2) is 53.1 Å². The van der Waals surface area contributed by atoms with Gasteiger partial charge in [0.15, 0.2) is 23.9 Å². The van der Waals surface area contributed by atoms with Crippen LogP contribution in [0.1, 0.15) is 20.9 Å². The van der Waals surface area contributed by atoms with Crippen LogP contribution >= 0.6 is 0 Å². The third-order valence-corrected chi connectivity index (χ3v) is 4.71. The predicted molar refractivity (Wildman–Crippen MR) is 125 cm³/mol. The molecule has 3 rings (SSSR count). The van der Waals surface area contributed by atoms with Gasteiger partial charge in [0, 0.05) is 36.0 Å². The number of hydrogen-bond acceptors (Lipinski definition) is 9. The molecule has 3 aromatic rings. The van der Waals surface area contributed by atoms with E-state index in [9.17, 15) is 14.4 Å². The summed E-state index contributed by atoms with van der Waals surface area (Å²) in [4.78, 5) is 37.7. The Morgan fingerprint density at radius 3 is 2.06 bits per heavy atom. The average Bonchev–Trinajstić information content (AvgIpc) is 3.42. The molecule has 0 radical (unpaired) electrons. The highest BCUT2D eigenvalue weighted by Crippen LogP contribution is 2.34. The fourth-order valence-corrected chi connectivity index (χ4v) is 3.03. The number of hydrogen-bond donors (Lipinski definition) is 2. The van der Waals surface area contributed by atoms with Crippen LogP contribution in [0.2, 0.25) is 0 Å². The maximum Gasteiger partial charge on any atom is 0.340 e. The van der Waals surface area contributed by atoms with Crippen molar-refractivity contribution in [1.29, 1.82) is 0 Å². The van der Waals surface area contributed by atoms with E-state index in [4.69, 9.17) is 28.1 Å². The molecule has 184 valence electrons. The molecule has 1 aromatic heterocycles. The van der Waals surface area contributed by atoms with Crippen molar-refractivity contribution in [3.63, 3.8) is 0 Å². The summed E-state index contributed by atoms with van der Waals surface area (Å²) < 4.78 is 31.1. The first kappa shape index (κ1) is 25.0. The van der Waals surface area contributed by atoms with Gasteiger partial charge in [-0.1, -0.05) is 0 Å². The summed E-state index contributed by atoms with van der Waals surface area (Å²) in [5.74, 6) is -0.604. The Kier molecular flexibility index (Phi) is 8.17. The van der Waals surface area contributed by atoms with Gasteiger partial charge in [0.2, 0.25) is 0 Å². The quantitative estimate of drug-likeness (QED) is 0.415. The number of rotatable bonds is 10. The third-order valence-electron chi connectivity index (χ3n) is 4.71. The second kappa shape index (κ2) is 11.5. The molecule has 0 saturated carbocycles. The van der Waals surface area contributed by atoms with Crippen LogP contribution in [0.5, 0.6) is 23.0 Å². The molecule has 1 heterocycles. The molecule has 0 saturated heterocycles. The second-order valence-electron chi connectivity index (χ2n) is 6.91. The Morgan fingerprint density at radius 2 is 1.49 bits per heavy atom. The molecule has 2 amide bonds. The lowest BCUT2D eigenvalue weighted by atomic mass is 10.1. The van der Waals surface area contributed by atoms with Crippen LogP contribution in [0.4, 0.5) is 11.4 Å². The van der Waals surface area contributed by atoms with Crippen LogP contribution in [-0.2, 0) is 9.53 Å². The summed E-state index contributed by atoms with van der Waals surface area (Å²) in [6.45, 7) is -0.599. The van der Waals surface area contributed by atoms with Crippen molar-refractivity contribution in [3.05, 3.63) is 60.1 Å². The number of esters is 1. The van der Waals surface area contributed by atoms with Gasteiger partial charge in [-0.2, -0.15) is 0 Å². The first-order chi connectivity index (χ1) is 16.9. The van der Waals surface area contributed by atoms with Crippen molar-refractivity contribution in [2.75, 3.05) is 45.7 Å². The topological polar surface area (TPSA) is 135 Å². The fraction of sp³-hybridized carbons (Fsp3) is 0.208. The fourth-order valence-electron chi connectivity index (χ4n) is 3.03. The van der Waals surface area contributed by atoms with E-state index in [2.05, 4.69) is 10.6 Å². The molecular formula is C24H24N2O9. The van der Waals surface area contributed by atoms with Gasteiger partial charge in [-0.25, -0.2) is 4.79 Å². The highest BCUT2D eigenvalue weighted by atomic mass is 16.5. The van der Waals surface area contributed by atoms with Crippen LogP contribution in [0, 0.1) is 0 Å². The summed E-state index contributed by atoms with van der Waals surface area (Å²) in [6, 6.07) is 10.6. The summed E-state index contributed by atoms with van der Waals surface area (Å²) in [6.07, 6.45) is 1.34. The van der Waals surface area contributed by atoms with Crippen LogP contribution in [0.25, 0.3) is 0 Å². The van der Waals surface area contributed by atoms with E-state index in [-0.39, 0.29) is 28.5 Å². The Bertz CT molecular complexity index is 1180. The van der Waals surface area contributed by atoms with E-state index in [1.807, 2.05) is 0 Å². The molecule has 0 spiro atoms. The number of anilines is 2. The van der Waals surface area contributed by atoms with E-state index in [1.165, 1.54) is 52.9 Å². The van der Waals surface area contributed by atoms with Gasteiger partial charge >= 0.3 is 5.97 Å². The molecule has 0 bridgehead atoms. The molecule has 2 N–H and O–H groups in total. The number of benzene rings is 2. The number of furan rings is 1. The molecule has 0 aliphatic heterocycles. The van der Waals surface area contributed by atoms with Crippen molar-refractivity contribution in [2.24, 2.45) is 0 Å². The maximum atomic E-state index is 12.8. The van der Waals surface area contributed by atoms with Gasteiger partial charge < -0.3 is 38.7 Å². The predicted octanol–water partition coefficient (Wildman–Crippen LogP) is 3.36. The zero-order valence-electron chi connectivity index (χ0n) is 19.5. The Balaban J connectivity index is 1.76. The van der Waals surface area contributed by atoms with E-state index in [0.29, 0.717) is 17.2 Å². The third kappa shape index (κ3) is 6.22. The average molecular weight is 484 g/mol. The van der Waals surface area contributed by atoms with Crippen LogP contribution in [0.3, 0.4) is 0 Å².